The summed E-state index contributed by atoms with van der Waals surface area (Å²) >= 11 is 0. The lowest BCUT2D eigenvalue weighted by Gasteiger charge is -2.21. The molecular formula is C27H22N2. The molecule has 0 unspecified atom stereocenters. The summed E-state index contributed by atoms with van der Waals surface area (Å²) in [6, 6.07) is 30.4. The number of nitrogen functional groups attached to an aromatic ring is 1. The first-order valence-electron chi connectivity index (χ1n) is 10.1. The molecule has 1 aliphatic rings. The maximum Gasteiger partial charge on any atom is 0.0547 e. The summed E-state index contributed by atoms with van der Waals surface area (Å²) in [4.78, 5) is 0. The van der Waals surface area contributed by atoms with Gasteiger partial charge in [0.25, 0.3) is 0 Å². The van der Waals surface area contributed by atoms with Gasteiger partial charge in [0.15, 0.2) is 0 Å². The van der Waals surface area contributed by atoms with Gasteiger partial charge in [-0.25, -0.2) is 0 Å². The fourth-order valence-corrected chi connectivity index (χ4v) is 5.07. The van der Waals surface area contributed by atoms with E-state index in [0.717, 1.165) is 5.69 Å². The number of nitrogens with zero attached hydrogens (tertiary/aromatic N) is 1. The van der Waals surface area contributed by atoms with E-state index in [2.05, 4.69) is 97.3 Å². The largest absolute Gasteiger partial charge is 0.399 e. The van der Waals surface area contributed by atoms with E-state index in [-0.39, 0.29) is 5.41 Å². The monoisotopic (exact) mass is 374 g/mol. The molecule has 0 radical (unpaired) electrons. The Balaban J connectivity index is 1.78. The van der Waals surface area contributed by atoms with Gasteiger partial charge in [-0.3, -0.25) is 0 Å². The molecule has 0 saturated heterocycles. The second kappa shape index (κ2) is 5.51. The molecule has 4 aromatic carbocycles. The van der Waals surface area contributed by atoms with Crippen LogP contribution in [0, 0.1) is 0 Å². The fourth-order valence-electron chi connectivity index (χ4n) is 5.07. The van der Waals surface area contributed by atoms with Crippen molar-refractivity contribution >= 4 is 27.5 Å². The second-order valence-corrected chi connectivity index (χ2v) is 8.53. The fraction of sp³-hybridized carbons (Fsp3) is 0.111. The molecule has 0 aliphatic heterocycles. The zero-order valence-electron chi connectivity index (χ0n) is 16.6. The van der Waals surface area contributed by atoms with Gasteiger partial charge in [0.05, 0.1) is 11.0 Å². The summed E-state index contributed by atoms with van der Waals surface area (Å²) < 4.78 is 2.38. The Labute approximate surface area is 170 Å². The Morgan fingerprint density at radius 3 is 2.21 bits per heavy atom. The molecule has 2 N–H and O–H groups in total. The Morgan fingerprint density at radius 2 is 1.38 bits per heavy atom. The Hall–Kier alpha value is -3.52. The number of nitrogens with two attached hydrogens (primary N) is 1. The minimum atomic E-state index is -0.0653. The Bertz CT molecular complexity index is 1420. The molecule has 6 rings (SSSR count). The van der Waals surface area contributed by atoms with Crippen molar-refractivity contribution in [3.05, 3.63) is 96.1 Å². The highest BCUT2D eigenvalue weighted by Gasteiger charge is 2.36. The predicted molar refractivity (Wildman–Crippen MR) is 123 cm³/mol. The van der Waals surface area contributed by atoms with Gasteiger partial charge in [-0.05, 0) is 64.7 Å². The normalized spacial score (nSPS) is 14.3. The Kier molecular flexibility index (Phi) is 3.12. The minimum absolute atomic E-state index is 0.0653. The van der Waals surface area contributed by atoms with Crippen LogP contribution in [0.4, 0.5) is 5.69 Å². The van der Waals surface area contributed by atoms with Crippen LogP contribution < -0.4 is 5.73 Å². The number of anilines is 1. The molecule has 0 fully saturated rings. The van der Waals surface area contributed by atoms with E-state index < -0.39 is 0 Å². The molecule has 0 amide bonds. The average molecular weight is 374 g/mol. The van der Waals surface area contributed by atoms with Crippen LogP contribution in [0.2, 0.25) is 0 Å². The van der Waals surface area contributed by atoms with Gasteiger partial charge in [-0.2, -0.15) is 0 Å². The molecule has 2 heteroatoms. The van der Waals surface area contributed by atoms with Gasteiger partial charge in [0.1, 0.15) is 0 Å². The molecule has 0 saturated carbocycles. The first kappa shape index (κ1) is 16.4. The lowest BCUT2D eigenvalue weighted by Crippen LogP contribution is -2.15. The molecule has 2 nitrogen and oxygen atoms in total. The summed E-state index contributed by atoms with van der Waals surface area (Å²) in [6.07, 6.45) is 0. The molecule has 1 aromatic heterocycles. The van der Waals surface area contributed by atoms with Gasteiger partial charge in [0.2, 0.25) is 0 Å². The van der Waals surface area contributed by atoms with Crippen molar-refractivity contribution in [3.63, 3.8) is 0 Å². The van der Waals surface area contributed by atoms with E-state index in [1.807, 2.05) is 6.07 Å². The van der Waals surface area contributed by atoms with Crippen molar-refractivity contribution in [2.75, 3.05) is 5.73 Å². The van der Waals surface area contributed by atoms with Gasteiger partial charge >= 0.3 is 0 Å². The highest BCUT2D eigenvalue weighted by molar-refractivity contribution is 6.11. The number of fused-ring (bicyclic) bond motifs is 6. The van der Waals surface area contributed by atoms with Crippen LogP contribution in [0.25, 0.3) is 38.6 Å². The van der Waals surface area contributed by atoms with Crippen LogP contribution in [0.15, 0.2) is 84.9 Å². The first-order valence-corrected chi connectivity index (χ1v) is 10.1. The molecular weight excluding hydrogens is 352 g/mol. The van der Waals surface area contributed by atoms with Crippen LogP contribution in [-0.4, -0.2) is 4.57 Å². The number of aromatic nitrogens is 1. The molecule has 0 atom stereocenters. The van der Waals surface area contributed by atoms with Crippen LogP contribution in [0.3, 0.4) is 0 Å². The number of hydrogen-bond acceptors (Lipinski definition) is 1. The van der Waals surface area contributed by atoms with Gasteiger partial charge in [-0.1, -0.05) is 56.3 Å². The lowest BCUT2D eigenvalue weighted by atomic mass is 9.82. The molecule has 29 heavy (non-hydrogen) atoms. The number of benzene rings is 4. The van der Waals surface area contributed by atoms with E-state index in [1.165, 1.54) is 49.7 Å². The van der Waals surface area contributed by atoms with E-state index in [4.69, 9.17) is 5.73 Å². The molecule has 1 heterocycles. The third kappa shape index (κ3) is 2.11. The summed E-state index contributed by atoms with van der Waals surface area (Å²) in [5, 5.41) is 2.59. The smallest absolute Gasteiger partial charge is 0.0547 e. The van der Waals surface area contributed by atoms with E-state index >= 15 is 0 Å². The average Bonchev–Trinajstić information content (AvgIpc) is 3.17. The lowest BCUT2D eigenvalue weighted by molar-refractivity contribution is 0.661. The van der Waals surface area contributed by atoms with Crippen LogP contribution in [0.1, 0.15) is 25.0 Å². The van der Waals surface area contributed by atoms with E-state index in [1.54, 1.807) is 0 Å². The van der Waals surface area contributed by atoms with E-state index in [0.29, 0.717) is 0 Å². The molecule has 0 spiro atoms. The minimum Gasteiger partial charge on any atom is -0.399 e. The molecule has 0 bridgehead atoms. The number of hydrogen-bond donors (Lipinski definition) is 1. The van der Waals surface area contributed by atoms with Crippen LogP contribution in [-0.2, 0) is 5.41 Å². The van der Waals surface area contributed by atoms with Crippen molar-refractivity contribution in [2.24, 2.45) is 0 Å². The van der Waals surface area contributed by atoms with Crippen molar-refractivity contribution < 1.29 is 0 Å². The van der Waals surface area contributed by atoms with Crippen LogP contribution >= 0.6 is 0 Å². The summed E-state index contributed by atoms with van der Waals surface area (Å²) in [6.45, 7) is 4.61. The highest BCUT2D eigenvalue weighted by atomic mass is 15.0. The van der Waals surface area contributed by atoms with Gasteiger partial charge in [-0.15, -0.1) is 0 Å². The van der Waals surface area contributed by atoms with E-state index in [9.17, 15) is 0 Å². The highest BCUT2D eigenvalue weighted by Crippen LogP contribution is 2.51. The number of rotatable bonds is 1. The molecule has 5 aromatic rings. The standard InChI is InChI=1S/C27H22N2/c1-27(2)23-14-17(28)12-13-19(23)21-16-26-22(15-24(21)27)20-10-6-7-11-25(20)29(26)18-8-4-3-5-9-18/h3-16H,28H2,1-2H3. The third-order valence-corrected chi connectivity index (χ3v) is 6.51. The number of para-hydroxylation sites is 2. The first-order chi connectivity index (χ1) is 14.1. The summed E-state index contributed by atoms with van der Waals surface area (Å²) in [5.74, 6) is 0. The van der Waals surface area contributed by atoms with Crippen molar-refractivity contribution in [1.29, 1.82) is 0 Å². The van der Waals surface area contributed by atoms with Gasteiger partial charge in [0, 0.05) is 27.6 Å². The van der Waals surface area contributed by atoms with Gasteiger partial charge < -0.3 is 10.3 Å². The Morgan fingerprint density at radius 1 is 0.655 bits per heavy atom. The second-order valence-electron chi connectivity index (χ2n) is 8.53. The molecule has 1 aliphatic carbocycles. The zero-order chi connectivity index (χ0) is 19.8. The van der Waals surface area contributed by atoms with Crippen molar-refractivity contribution in [1.82, 2.24) is 4.57 Å². The summed E-state index contributed by atoms with van der Waals surface area (Å²) in [5.41, 5.74) is 15.9. The quantitative estimate of drug-likeness (QED) is 0.326. The maximum atomic E-state index is 6.14. The maximum absolute atomic E-state index is 6.14. The predicted octanol–water partition coefficient (Wildman–Crippen LogP) is 6.67. The molecule has 140 valence electrons. The zero-order valence-corrected chi connectivity index (χ0v) is 16.6. The van der Waals surface area contributed by atoms with Crippen LogP contribution in [0.5, 0.6) is 0 Å². The van der Waals surface area contributed by atoms with Crippen molar-refractivity contribution in [2.45, 2.75) is 19.3 Å². The van der Waals surface area contributed by atoms with Crippen molar-refractivity contribution in [3.8, 4) is 16.8 Å². The summed E-state index contributed by atoms with van der Waals surface area (Å²) in [7, 11) is 0. The topological polar surface area (TPSA) is 30.9 Å². The SMILES string of the molecule is CC1(C)c2cc(N)ccc2-c2cc3c(cc21)c1ccccc1n3-c1ccccc1. The third-order valence-electron chi connectivity index (χ3n) is 6.51.